The zero-order valence-corrected chi connectivity index (χ0v) is 38.5. The lowest BCUT2D eigenvalue weighted by Gasteiger charge is -2.40. The van der Waals surface area contributed by atoms with E-state index < -0.39 is 40.0 Å². The van der Waals surface area contributed by atoms with Crippen molar-refractivity contribution >= 4 is 50.4 Å². The molecule has 0 aliphatic heterocycles. The quantitative estimate of drug-likeness (QED) is 0.222. The van der Waals surface area contributed by atoms with Crippen molar-refractivity contribution in [1.29, 1.82) is 0 Å². The molecule has 0 unspecified atom stereocenters. The summed E-state index contributed by atoms with van der Waals surface area (Å²) in [7, 11) is -3.99. The van der Waals surface area contributed by atoms with E-state index in [2.05, 4.69) is 111 Å². The van der Waals surface area contributed by atoms with Crippen LogP contribution in [-0.2, 0) is 31.2 Å². The van der Waals surface area contributed by atoms with Gasteiger partial charge in [-0.05, 0) is 113 Å². The lowest BCUT2D eigenvalue weighted by molar-refractivity contribution is 0.0437. The molecule has 2 N–H and O–H groups in total. The third-order valence-electron chi connectivity index (χ3n) is 10.5. The Kier molecular flexibility index (Phi) is 13.7. The minimum Gasteiger partial charge on any atom is -0.444 e. The van der Waals surface area contributed by atoms with Crippen molar-refractivity contribution in [2.75, 3.05) is 0 Å². The zero-order valence-electron chi connectivity index (χ0n) is 35.0. The van der Waals surface area contributed by atoms with E-state index >= 15 is 0 Å². The summed E-state index contributed by atoms with van der Waals surface area (Å²) in [4.78, 5) is 28.4. The highest BCUT2D eigenvalue weighted by atomic mass is 79.9. The summed E-state index contributed by atoms with van der Waals surface area (Å²) in [5, 5.41) is 6.25. The van der Waals surface area contributed by atoms with E-state index in [-0.39, 0.29) is 34.4 Å². The minimum absolute atomic E-state index is 0.0694. The van der Waals surface area contributed by atoms with Gasteiger partial charge in [0, 0.05) is 10.9 Å². The number of alkyl carbamates (subject to hydrolysis) is 2. The minimum atomic E-state index is -2.02. The summed E-state index contributed by atoms with van der Waals surface area (Å²) < 4.78 is 25.3. The monoisotopic (exact) mass is 829 g/mol. The Morgan fingerprint density at radius 3 is 1.42 bits per heavy atom. The molecule has 0 saturated heterocycles. The molecule has 0 aromatic heterocycles. The van der Waals surface area contributed by atoms with Crippen LogP contribution in [0.4, 0.5) is 15.3 Å². The van der Waals surface area contributed by atoms with E-state index in [9.17, 15) is 9.59 Å². The van der Waals surface area contributed by atoms with Gasteiger partial charge in [0.25, 0.3) is 0 Å². The first kappa shape index (κ1) is 44.7. The molecule has 2 aromatic carbocycles. The number of halogens is 1. The summed E-state index contributed by atoms with van der Waals surface area (Å²) in [6.07, 6.45) is 0.399. The SMILES string of the molecule is CC(C)(C)OC(=O)N[C@H]1c2ccc(Br)cc2C[C@@H]1O[Si](C)(C)C(C)(C)C.[C-]#[N+]c1ccc2c(c1)C[C@H](O[Si](C)(C)C(C)(C)C)[C@H]2NC(=O)OC(C)(C)C. The van der Waals surface area contributed by atoms with Crippen LogP contribution in [0, 0.1) is 6.57 Å². The van der Waals surface area contributed by atoms with Crippen LogP contribution in [0.2, 0.25) is 36.3 Å². The number of hydrogen-bond acceptors (Lipinski definition) is 6. The molecule has 2 aliphatic carbocycles. The van der Waals surface area contributed by atoms with Crippen LogP contribution >= 0.6 is 15.9 Å². The first-order chi connectivity index (χ1) is 23.9. The molecule has 0 fully saturated rings. The van der Waals surface area contributed by atoms with Gasteiger partial charge in [-0.2, -0.15) is 0 Å². The Hall–Kier alpha value is -2.70. The van der Waals surface area contributed by atoms with Gasteiger partial charge < -0.3 is 29.0 Å². The van der Waals surface area contributed by atoms with Crippen LogP contribution in [0.1, 0.15) is 117 Å². The molecule has 12 heteroatoms. The highest BCUT2D eigenvalue weighted by Gasteiger charge is 2.45. The van der Waals surface area contributed by atoms with Crippen molar-refractivity contribution < 1.29 is 27.9 Å². The molecular weight excluding hydrogens is 767 g/mol. The molecule has 0 heterocycles. The lowest BCUT2D eigenvalue weighted by Crippen LogP contribution is -2.47. The number of benzene rings is 2. The Balaban J connectivity index is 0.000000286. The highest BCUT2D eigenvalue weighted by molar-refractivity contribution is 9.10. The standard InChI is InChI=1S/C21H32N2O3Si.C20H32BrNO3Si/c1-20(2,3)25-19(24)23-18-16-11-10-15(22-7)12-14(16)13-17(18)26-27(8,9)21(4,5)6;1-19(2,3)24-18(23)22-17-15-10-9-14(21)11-13(15)12-16(17)25-26(7,8)20(4,5)6/h10-12,17-18H,13H2,1-6,8-9H3,(H,23,24);9-11,16-17H,12H2,1-8H3,(H,22,23)/t17-,18-;16-,17-/m00/s1. The average molecular weight is 831 g/mol. The average Bonchev–Trinajstić information content (AvgIpc) is 3.44. The van der Waals surface area contributed by atoms with Crippen LogP contribution in [0.5, 0.6) is 0 Å². The van der Waals surface area contributed by atoms with Gasteiger partial charge in [0.1, 0.15) is 11.2 Å². The third-order valence-corrected chi connectivity index (χ3v) is 20.0. The Morgan fingerprint density at radius 1 is 0.679 bits per heavy atom. The van der Waals surface area contributed by atoms with Crippen LogP contribution in [0.3, 0.4) is 0 Å². The number of amides is 2. The smallest absolute Gasteiger partial charge is 0.408 e. The number of hydrogen-bond donors (Lipinski definition) is 2. The van der Waals surface area contributed by atoms with Gasteiger partial charge in [0.05, 0.1) is 30.9 Å². The largest absolute Gasteiger partial charge is 0.444 e. The Labute approximate surface area is 329 Å². The summed E-state index contributed by atoms with van der Waals surface area (Å²) in [6, 6.07) is 11.4. The van der Waals surface area contributed by atoms with Crippen molar-refractivity contribution in [2.45, 2.75) is 168 Å². The third kappa shape index (κ3) is 12.1. The molecule has 0 radical (unpaired) electrons. The summed E-state index contributed by atoms with van der Waals surface area (Å²) in [5.41, 5.74) is 3.92. The fourth-order valence-electron chi connectivity index (χ4n) is 5.81. The van der Waals surface area contributed by atoms with Gasteiger partial charge in [-0.15, -0.1) is 0 Å². The number of fused-ring (bicyclic) bond motifs is 2. The maximum absolute atomic E-state index is 12.4. The Bertz CT molecular complexity index is 1680. The van der Waals surface area contributed by atoms with Gasteiger partial charge in [-0.3, -0.25) is 0 Å². The number of carbonyl (C=O) groups is 2. The van der Waals surface area contributed by atoms with E-state index in [4.69, 9.17) is 24.9 Å². The second-order valence-corrected chi connectivity index (χ2v) is 29.8. The van der Waals surface area contributed by atoms with Gasteiger partial charge in [0.15, 0.2) is 22.3 Å². The van der Waals surface area contributed by atoms with Gasteiger partial charge in [-0.25, -0.2) is 14.4 Å². The number of nitrogens with one attached hydrogen (secondary N) is 2. The fraction of sp³-hybridized carbons (Fsp3) is 0.634. The molecule has 53 heavy (non-hydrogen) atoms. The molecule has 0 saturated carbocycles. The molecule has 2 aromatic rings. The van der Waals surface area contributed by atoms with Crippen molar-refractivity contribution in [3.05, 3.63) is 74.5 Å². The molecule has 4 atom stereocenters. The van der Waals surface area contributed by atoms with Crippen LogP contribution in [0.15, 0.2) is 40.9 Å². The van der Waals surface area contributed by atoms with Gasteiger partial charge in [-0.1, -0.05) is 87.3 Å². The van der Waals surface area contributed by atoms with Crippen LogP contribution < -0.4 is 10.6 Å². The van der Waals surface area contributed by atoms with E-state index in [0.29, 0.717) is 12.1 Å². The molecular formula is C41H64BrN3O6Si2. The predicted octanol–water partition coefficient (Wildman–Crippen LogP) is 11.7. The van der Waals surface area contributed by atoms with Crippen molar-refractivity contribution in [3.63, 3.8) is 0 Å². The van der Waals surface area contributed by atoms with Crippen LogP contribution in [-0.4, -0.2) is 52.2 Å². The van der Waals surface area contributed by atoms with E-state index in [1.165, 1.54) is 5.56 Å². The molecule has 4 rings (SSSR count). The second-order valence-electron chi connectivity index (χ2n) is 19.3. The molecule has 0 spiro atoms. The number of nitrogens with zero attached hydrogens (tertiary/aromatic N) is 1. The summed E-state index contributed by atoms with van der Waals surface area (Å²) >= 11 is 3.54. The van der Waals surface area contributed by atoms with Gasteiger partial charge >= 0.3 is 12.2 Å². The van der Waals surface area contributed by atoms with Crippen LogP contribution in [0.25, 0.3) is 4.85 Å². The highest BCUT2D eigenvalue weighted by Crippen LogP contribution is 2.44. The number of ether oxygens (including phenoxy) is 2. The first-order valence-electron chi connectivity index (χ1n) is 18.6. The van der Waals surface area contributed by atoms with Crippen molar-refractivity contribution in [3.8, 4) is 0 Å². The molecule has 294 valence electrons. The topological polar surface area (TPSA) is 99.5 Å². The summed E-state index contributed by atoms with van der Waals surface area (Å²) in [6.45, 7) is 40.6. The van der Waals surface area contributed by atoms with E-state index in [1.54, 1.807) is 6.07 Å². The second kappa shape index (κ2) is 16.2. The summed E-state index contributed by atoms with van der Waals surface area (Å²) in [5.74, 6) is 0. The molecule has 0 bridgehead atoms. The normalized spacial score (nSPS) is 20.3. The molecule has 2 amide bonds. The fourth-order valence-corrected chi connectivity index (χ4v) is 8.87. The van der Waals surface area contributed by atoms with E-state index in [0.717, 1.165) is 27.6 Å². The van der Waals surface area contributed by atoms with Crippen molar-refractivity contribution in [1.82, 2.24) is 10.6 Å². The predicted molar refractivity (Wildman–Crippen MR) is 223 cm³/mol. The maximum Gasteiger partial charge on any atom is 0.408 e. The zero-order chi connectivity index (χ0) is 40.5. The number of carbonyl (C=O) groups excluding carboxylic acids is 2. The number of rotatable bonds is 6. The Morgan fingerprint density at radius 2 is 1.06 bits per heavy atom. The first-order valence-corrected chi connectivity index (χ1v) is 25.2. The lowest BCUT2D eigenvalue weighted by atomic mass is 10.1. The van der Waals surface area contributed by atoms with E-state index in [1.807, 2.05) is 59.7 Å². The molecule has 2 aliphatic rings. The maximum atomic E-state index is 12.4. The van der Waals surface area contributed by atoms with Crippen molar-refractivity contribution in [2.24, 2.45) is 0 Å². The van der Waals surface area contributed by atoms with Gasteiger partial charge in [0.2, 0.25) is 0 Å². The molecule has 9 nitrogen and oxygen atoms in total.